The third kappa shape index (κ3) is 2.56. The van der Waals surface area contributed by atoms with Gasteiger partial charge in [-0.25, -0.2) is 0 Å². The highest BCUT2D eigenvalue weighted by atomic mass is 16.3. The van der Waals surface area contributed by atoms with E-state index in [1.807, 2.05) is 0 Å². The van der Waals surface area contributed by atoms with Crippen LogP contribution >= 0.6 is 0 Å². The van der Waals surface area contributed by atoms with E-state index in [0.717, 1.165) is 6.08 Å². The first kappa shape index (κ1) is 14.2. The zero-order valence-corrected chi connectivity index (χ0v) is 10.8. The molecular weight excluding hydrogens is 262 g/mol. The van der Waals surface area contributed by atoms with Crippen molar-refractivity contribution in [2.24, 2.45) is 5.92 Å². The second kappa shape index (κ2) is 5.44. The molecule has 0 spiro atoms. The predicted octanol–water partition coefficient (Wildman–Crippen LogP) is -0.0535. The van der Waals surface area contributed by atoms with Gasteiger partial charge < -0.3 is 20.6 Å². The van der Waals surface area contributed by atoms with E-state index in [-0.39, 0.29) is 17.0 Å². The second-order valence-electron chi connectivity index (χ2n) is 4.72. The van der Waals surface area contributed by atoms with E-state index in [1.54, 1.807) is 12.1 Å². The summed E-state index contributed by atoms with van der Waals surface area (Å²) in [5.74, 6) is -2.12. The van der Waals surface area contributed by atoms with Gasteiger partial charge in [0.2, 0.25) is 0 Å². The van der Waals surface area contributed by atoms with Crippen LogP contribution in [0.4, 0.5) is 0 Å². The third-order valence-corrected chi connectivity index (χ3v) is 3.31. The molecule has 0 saturated carbocycles. The summed E-state index contributed by atoms with van der Waals surface area (Å²) < 4.78 is 0. The molecule has 0 aliphatic heterocycles. The number of benzene rings is 1. The van der Waals surface area contributed by atoms with Gasteiger partial charge in [0, 0.05) is 12.0 Å². The molecule has 1 aromatic rings. The summed E-state index contributed by atoms with van der Waals surface area (Å²) in [4.78, 5) is 23.5. The van der Waals surface area contributed by atoms with Crippen LogP contribution in [0.3, 0.4) is 0 Å². The number of carbonyl (C=O) groups is 2. The van der Waals surface area contributed by atoms with Gasteiger partial charge in [-0.05, 0) is 12.1 Å². The Morgan fingerprint density at radius 3 is 2.50 bits per heavy atom. The van der Waals surface area contributed by atoms with Gasteiger partial charge >= 0.3 is 0 Å². The van der Waals surface area contributed by atoms with Crippen molar-refractivity contribution in [1.82, 2.24) is 5.32 Å². The topological polar surface area (TPSA) is 107 Å². The molecule has 106 valence electrons. The molecule has 0 unspecified atom stereocenters. The standard InChI is InChI=1S/C14H15NO5/c1-7-12(18)9(6-11(17)13(7)19)15-14(20)8-4-2-3-5-10(8)16/h2-7,12-13,16,18-19H,1H3,(H,15,20)/t7-,12+,13-/m0/s1. The zero-order chi connectivity index (χ0) is 14.9. The summed E-state index contributed by atoms with van der Waals surface area (Å²) in [6.45, 7) is 1.51. The lowest BCUT2D eigenvalue weighted by Crippen LogP contribution is -2.44. The molecule has 3 atom stereocenters. The largest absolute Gasteiger partial charge is 0.507 e. The monoisotopic (exact) mass is 277 g/mol. The van der Waals surface area contributed by atoms with Crippen LogP contribution in [0.15, 0.2) is 36.0 Å². The first-order valence-corrected chi connectivity index (χ1v) is 6.12. The molecule has 1 aromatic carbocycles. The number of carbonyl (C=O) groups excluding carboxylic acids is 2. The van der Waals surface area contributed by atoms with Crippen molar-refractivity contribution in [3.8, 4) is 5.75 Å². The van der Waals surface area contributed by atoms with Crippen molar-refractivity contribution < 1.29 is 24.9 Å². The lowest BCUT2D eigenvalue weighted by molar-refractivity contribution is -0.128. The molecular formula is C14H15NO5. The molecule has 20 heavy (non-hydrogen) atoms. The lowest BCUT2D eigenvalue weighted by Gasteiger charge is -2.29. The van der Waals surface area contributed by atoms with Crippen LogP contribution in [0.5, 0.6) is 5.75 Å². The van der Waals surface area contributed by atoms with Crippen molar-refractivity contribution in [3.05, 3.63) is 41.6 Å². The minimum atomic E-state index is -1.28. The minimum Gasteiger partial charge on any atom is -0.507 e. The number of hydrogen-bond acceptors (Lipinski definition) is 5. The van der Waals surface area contributed by atoms with E-state index < -0.39 is 29.8 Å². The van der Waals surface area contributed by atoms with Gasteiger partial charge in [0.15, 0.2) is 5.78 Å². The number of phenolic OH excluding ortho intramolecular Hbond substituents is 1. The number of aliphatic hydroxyl groups is 2. The summed E-state index contributed by atoms with van der Waals surface area (Å²) in [7, 11) is 0. The van der Waals surface area contributed by atoms with Gasteiger partial charge in [-0.15, -0.1) is 0 Å². The predicted molar refractivity (Wildman–Crippen MR) is 69.8 cm³/mol. The van der Waals surface area contributed by atoms with Gasteiger partial charge in [0.25, 0.3) is 5.91 Å². The fraction of sp³-hybridized carbons (Fsp3) is 0.286. The molecule has 1 aliphatic carbocycles. The maximum absolute atomic E-state index is 12.0. The Hall–Kier alpha value is -2.18. The number of hydrogen-bond donors (Lipinski definition) is 4. The van der Waals surface area contributed by atoms with Crippen molar-refractivity contribution in [2.45, 2.75) is 19.1 Å². The normalized spacial score (nSPS) is 26.1. The summed E-state index contributed by atoms with van der Waals surface area (Å²) in [6, 6.07) is 5.93. The van der Waals surface area contributed by atoms with Crippen LogP contribution < -0.4 is 5.32 Å². The molecule has 6 heteroatoms. The molecule has 2 rings (SSSR count). The van der Waals surface area contributed by atoms with Crippen LogP contribution in [0.2, 0.25) is 0 Å². The Morgan fingerprint density at radius 2 is 1.85 bits per heavy atom. The van der Waals surface area contributed by atoms with E-state index in [9.17, 15) is 24.9 Å². The van der Waals surface area contributed by atoms with Crippen molar-refractivity contribution in [3.63, 3.8) is 0 Å². The van der Waals surface area contributed by atoms with Gasteiger partial charge in [0.05, 0.1) is 17.4 Å². The Morgan fingerprint density at radius 1 is 1.20 bits per heavy atom. The minimum absolute atomic E-state index is 0.0149. The molecule has 0 aromatic heterocycles. The van der Waals surface area contributed by atoms with Crippen LogP contribution in [0, 0.1) is 5.92 Å². The molecule has 0 radical (unpaired) electrons. The molecule has 1 amide bonds. The number of para-hydroxylation sites is 1. The Bertz CT molecular complexity index is 581. The molecule has 1 aliphatic rings. The molecule has 0 heterocycles. The second-order valence-corrected chi connectivity index (χ2v) is 4.72. The number of amides is 1. The summed E-state index contributed by atoms with van der Waals surface area (Å²) in [5.41, 5.74) is 0.0490. The van der Waals surface area contributed by atoms with E-state index in [1.165, 1.54) is 19.1 Å². The summed E-state index contributed by atoms with van der Waals surface area (Å²) in [5, 5.41) is 31.4. The highest BCUT2D eigenvalue weighted by molar-refractivity contribution is 6.00. The van der Waals surface area contributed by atoms with Crippen molar-refractivity contribution >= 4 is 11.7 Å². The average molecular weight is 277 g/mol. The molecule has 0 fully saturated rings. The van der Waals surface area contributed by atoms with Gasteiger partial charge in [-0.1, -0.05) is 19.1 Å². The Balaban J connectivity index is 2.22. The molecule has 4 N–H and O–H groups in total. The maximum atomic E-state index is 12.0. The molecule has 0 saturated heterocycles. The van der Waals surface area contributed by atoms with E-state index in [0.29, 0.717) is 0 Å². The highest BCUT2D eigenvalue weighted by Gasteiger charge is 2.35. The fourth-order valence-corrected chi connectivity index (χ4v) is 2.01. The number of ketones is 1. The highest BCUT2D eigenvalue weighted by Crippen LogP contribution is 2.22. The van der Waals surface area contributed by atoms with Gasteiger partial charge in [0.1, 0.15) is 11.9 Å². The smallest absolute Gasteiger partial charge is 0.259 e. The van der Waals surface area contributed by atoms with Gasteiger partial charge in [-0.2, -0.15) is 0 Å². The van der Waals surface area contributed by atoms with E-state index >= 15 is 0 Å². The first-order valence-electron chi connectivity index (χ1n) is 6.12. The maximum Gasteiger partial charge on any atom is 0.259 e. The quantitative estimate of drug-likeness (QED) is 0.606. The summed E-state index contributed by atoms with van der Waals surface area (Å²) >= 11 is 0. The first-order chi connectivity index (χ1) is 9.41. The van der Waals surface area contributed by atoms with Crippen molar-refractivity contribution in [2.75, 3.05) is 0 Å². The van der Waals surface area contributed by atoms with Crippen molar-refractivity contribution in [1.29, 1.82) is 0 Å². The van der Waals surface area contributed by atoms with Crippen LogP contribution in [0.25, 0.3) is 0 Å². The lowest BCUT2D eigenvalue weighted by atomic mass is 9.87. The van der Waals surface area contributed by atoms with Crippen LogP contribution in [0.1, 0.15) is 17.3 Å². The number of aliphatic hydroxyl groups excluding tert-OH is 2. The summed E-state index contributed by atoms with van der Waals surface area (Å²) in [6.07, 6.45) is -1.43. The van der Waals surface area contributed by atoms with Crippen LogP contribution in [-0.2, 0) is 4.79 Å². The van der Waals surface area contributed by atoms with Gasteiger partial charge in [-0.3, -0.25) is 9.59 Å². The number of phenols is 1. The van der Waals surface area contributed by atoms with E-state index in [4.69, 9.17) is 0 Å². The molecule has 6 nitrogen and oxygen atoms in total. The fourth-order valence-electron chi connectivity index (χ4n) is 2.01. The van der Waals surface area contributed by atoms with Crippen LogP contribution in [-0.4, -0.2) is 39.2 Å². The average Bonchev–Trinajstić information content (AvgIpc) is 2.42. The van der Waals surface area contributed by atoms with E-state index in [2.05, 4.69) is 5.32 Å². The number of aromatic hydroxyl groups is 1. The Kier molecular flexibility index (Phi) is 3.87. The third-order valence-electron chi connectivity index (χ3n) is 3.31. The SMILES string of the molecule is C[C@@H]1[C@H](O)C(=O)C=C(NC(=O)c2ccccc2O)[C@@H]1O. The number of rotatable bonds is 2. The Labute approximate surface area is 115 Å². The molecule has 0 bridgehead atoms. The number of nitrogens with one attached hydrogen (secondary N) is 1. The zero-order valence-electron chi connectivity index (χ0n) is 10.8.